The summed E-state index contributed by atoms with van der Waals surface area (Å²) in [4.78, 5) is 70.3. The van der Waals surface area contributed by atoms with Crippen molar-refractivity contribution in [3.63, 3.8) is 0 Å². The van der Waals surface area contributed by atoms with Gasteiger partial charge in [-0.25, -0.2) is 19.2 Å². The summed E-state index contributed by atoms with van der Waals surface area (Å²) in [5.74, 6) is -3.83. The molecule has 2 aliphatic carbocycles. The van der Waals surface area contributed by atoms with E-state index in [1.54, 1.807) is 0 Å². The fourth-order valence-corrected chi connectivity index (χ4v) is 5.26. The van der Waals surface area contributed by atoms with Crippen LogP contribution in [0.25, 0.3) is 0 Å². The van der Waals surface area contributed by atoms with Crippen LogP contribution in [-0.2, 0) is 23.9 Å². The number of carboxylic acid groups (broad SMARTS) is 3. The predicted molar refractivity (Wildman–Crippen MR) is 154 cm³/mol. The monoisotopic (exact) mass is 610 g/mol. The summed E-state index contributed by atoms with van der Waals surface area (Å²) in [6.45, 7) is 0.869. The highest BCUT2D eigenvalue weighted by Crippen LogP contribution is 2.28. The summed E-state index contributed by atoms with van der Waals surface area (Å²) in [6, 6.07) is -3.77. The van der Waals surface area contributed by atoms with E-state index in [9.17, 15) is 33.9 Å². The van der Waals surface area contributed by atoms with Crippen LogP contribution in [-0.4, -0.2) is 82.5 Å². The topological polar surface area (TPSA) is 220 Å². The Morgan fingerprint density at radius 3 is 2.07 bits per heavy atom. The van der Waals surface area contributed by atoms with E-state index in [0.29, 0.717) is 38.8 Å². The van der Waals surface area contributed by atoms with E-state index in [1.165, 1.54) is 0 Å². The number of unbranched alkanes of at least 4 members (excludes halogenated alkanes) is 1. The Kier molecular flexibility index (Phi) is 15.9. The molecule has 0 spiro atoms. The Bertz CT molecular complexity index is 980. The van der Waals surface area contributed by atoms with Crippen LogP contribution in [0, 0.1) is 11.8 Å². The molecule has 43 heavy (non-hydrogen) atoms. The number of urea groups is 1. The van der Waals surface area contributed by atoms with Crippen molar-refractivity contribution in [3.05, 3.63) is 12.2 Å². The number of allylic oxidation sites excluding steroid dienone is 2. The zero-order chi connectivity index (χ0) is 31.6. The molecule has 2 unspecified atom stereocenters. The number of carbonyl (C=O) groups excluding carboxylic acids is 3. The first-order valence-corrected chi connectivity index (χ1v) is 15.2. The maximum atomic E-state index is 12.6. The van der Waals surface area contributed by atoms with E-state index in [0.717, 1.165) is 44.9 Å². The Labute approximate surface area is 251 Å². The minimum absolute atomic E-state index is 0.0522. The zero-order valence-electron chi connectivity index (χ0n) is 24.6. The molecule has 0 radical (unpaired) electrons. The highest BCUT2D eigenvalue weighted by Gasteiger charge is 2.27. The molecule has 2 rings (SSSR count). The number of alkyl carbamates (subject to hydrolysis) is 1. The lowest BCUT2D eigenvalue weighted by molar-refractivity contribution is -0.140. The molecule has 14 heteroatoms. The van der Waals surface area contributed by atoms with Crippen LogP contribution in [0.4, 0.5) is 9.59 Å². The number of hydrogen-bond acceptors (Lipinski definition) is 7. The van der Waals surface area contributed by atoms with Crippen LogP contribution in [0.15, 0.2) is 12.2 Å². The first-order chi connectivity index (χ1) is 20.5. The Morgan fingerprint density at radius 1 is 0.767 bits per heavy atom. The van der Waals surface area contributed by atoms with Crippen molar-refractivity contribution < 1.29 is 48.8 Å². The van der Waals surface area contributed by atoms with Gasteiger partial charge in [-0.05, 0) is 89.4 Å². The summed E-state index contributed by atoms with van der Waals surface area (Å²) < 4.78 is 5.58. The third kappa shape index (κ3) is 14.8. The van der Waals surface area contributed by atoms with E-state index in [-0.39, 0.29) is 42.8 Å². The molecule has 0 aromatic heterocycles. The van der Waals surface area contributed by atoms with Crippen molar-refractivity contribution in [1.29, 1.82) is 0 Å². The molecule has 3 atom stereocenters. The second-order valence-electron chi connectivity index (χ2n) is 11.2. The van der Waals surface area contributed by atoms with Crippen molar-refractivity contribution >= 4 is 35.9 Å². The Morgan fingerprint density at radius 2 is 1.42 bits per heavy atom. The number of ether oxygens (including phenoxy) is 1. The van der Waals surface area contributed by atoms with Gasteiger partial charge in [-0.1, -0.05) is 12.2 Å². The molecule has 0 bridgehead atoms. The van der Waals surface area contributed by atoms with Crippen molar-refractivity contribution in [1.82, 2.24) is 21.3 Å². The van der Waals surface area contributed by atoms with Gasteiger partial charge in [-0.15, -0.1) is 0 Å². The fourth-order valence-electron chi connectivity index (χ4n) is 5.26. The summed E-state index contributed by atoms with van der Waals surface area (Å²) in [6.07, 6.45) is 11.7. The number of carboxylic acids is 3. The number of amides is 4. The SMILES string of the molecule is O=C(O)CC[C@H](NC(=O)NC(CCCCNC(=O)C1CCC(CNC(=O)OC2CC/C=C\CCC2)CC1)C(=O)O)C(=O)O. The van der Waals surface area contributed by atoms with Gasteiger partial charge in [0.05, 0.1) is 0 Å². The highest BCUT2D eigenvalue weighted by molar-refractivity contribution is 5.86. The van der Waals surface area contributed by atoms with Crippen LogP contribution in [0.2, 0.25) is 0 Å². The minimum Gasteiger partial charge on any atom is -0.481 e. The average molecular weight is 611 g/mol. The van der Waals surface area contributed by atoms with E-state index in [2.05, 4.69) is 33.4 Å². The van der Waals surface area contributed by atoms with Crippen molar-refractivity contribution in [3.8, 4) is 0 Å². The molecule has 0 aromatic rings. The van der Waals surface area contributed by atoms with Gasteiger partial charge in [0.2, 0.25) is 5.91 Å². The lowest BCUT2D eigenvalue weighted by Crippen LogP contribution is -2.51. The van der Waals surface area contributed by atoms with Gasteiger partial charge in [0.15, 0.2) is 0 Å². The third-order valence-corrected chi connectivity index (χ3v) is 7.82. The van der Waals surface area contributed by atoms with Gasteiger partial charge >= 0.3 is 30.0 Å². The number of hydrogen-bond donors (Lipinski definition) is 7. The standard InChI is InChI=1S/C29H46N4O10/c34-24(35)16-15-23(27(39)40)33-28(41)32-22(26(37)38)10-6-7-17-30-25(36)20-13-11-19(12-14-20)18-31-29(42)43-21-8-4-2-1-3-5-9-21/h1-2,19-23H,3-18H2,(H,30,36)(H,31,42)(H,34,35)(H,37,38)(H,39,40)(H2,32,33,41)/b2-1-/t19?,20?,21?,22?,23-/m0/s1. The van der Waals surface area contributed by atoms with Crippen molar-refractivity contribution in [2.24, 2.45) is 11.8 Å². The molecule has 1 saturated carbocycles. The van der Waals surface area contributed by atoms with E-state index >= 15 is 0 Å². The van der Waals surface area contributed by atoms with Gasteiger partial charge < -0.3 is 41.3 Å². The quantitative estimate of drug-likeness (QED) is 0.1000. The molecule has 242 valence electrons. The molecule has 7 N–H and O–H groups in total. The number of rotatable bonds is 16. The largest absolute Gasteiger partial charge is 0.481 e. The molecule has 0 aliphatic heterocycles. The van der Waals surface area contributed by atoms with Crippen LogP contribution >= 0.6 is 0 Å². The van der Waals surface area contributed by atoms with E-state index < -0.39 is 42.4 Å². The normalized spacial score (nSPS) is 22.4. The van der Waals surface area contributed by atoms with Crippen LogP contribution < -0.4 is 21.3 Å². The predicted octanol–water partition coefficient (Wildman–Crippen LogP) is 2.76. The first-order valence-electron chi connectivity index (χ1n) is 15.2. The second-order valence-corrected chi connectivity index (χ2v) is 11.2. The number of carbonyl (C=O) groups is 6. The molecule has 0 heterocycles. The van der Waals surface area contributed by atoms with Crippen molar-refractivity contribution in [2.45, 2.75) is 108 Å². The average Bonchev–Trinajstić information content (AvgIpc) is 2.94. The van der Waals surface area contributed by atoms with E-state index in [4.69, 9.17) is 14.9 Å². The second kappa shape index (κ2) is 19.4. The van der Waals surface area contributed by atoms with Crippen LogP contribution in [0.3, 0.4) is 0 Å². The smallest absolute Gasteiger partial charge is 0.407 e. The molecular formula is C29H46N4O10. The molecule has 4 amide bonds. The number of nitrogens with one attached hydrogen (secondary N) is 4. The van der Waals surface area contributed by atoms with Gasteiger partial charge in [-0.2, -0.15) is 0 Å². The first kappa shape index (κ1) is 35.4. The fraction of sp³-hybridized carbons (Fsp3) is 0.724. The van der Waals surface area contributed by atoms with Gasteiger partial charge in [0.25, 0.3) is 0 Å². The van der Waals surface area contributed by atoms with E-state index in [1.807, 2.05) is 0 Å². The Hall–Kier alpha value is -3.84. The molecule has 14 nitrogen and oxygen atoms in total. The maximum Gasteiger partial charge on any atom is 0.407 e. The number of aliphatic carboxylic acids is 3. The summed E-state index contributed by atoms with van der Waals surface area (Å²) in [5, 5.41) is 37.3. The van der Waals surface area contributed by atoms with Gasteiger partial charge in [-0.3, -0.25) is 9.59 Å². The zero-order valence-corrected chi connectivity index (χ0v) is 24.6. The van der Waals surface area contributed by atoms with Gasteiger partial charge in [0, 0.05) is 25.4 Å². The molecular weight excluding hydrogens is 564 g/mol. The summed E-state index contributed by atoms with van der Waals surface area (Å²) in [5.41, 5.74) is 0. The van der Waals surface area contributed by atoms with Crippen LogP contribution in [0.5, 0.6) is 0 Å². The molecule has 2 aliphatic rings. The van der Waals surface area contributed by atoms with Crippen molar-refractivity contribution in [2.75, 3.05) is 13.1 Å². The molecule has 0 saturated heterocycles. The lowest BCUT2D eigenvalue weighted by Gasteiger charge is -2.28. The summed E-state index contributed by atoms with van der Waals surface area (Å²) >= 11 is 0. The minimum atomic E-state index is -1.47. The lowest BCUT2D eigenvalue weighted by atomic mass is 9.81. The molecule has 0 aromatic carbocycles. The maximum absolute atomic E-state index is 12.6. The molecule has 1 fully saturated rings. The third-order valence-electron chi connectivity index (χ3n) is 7.82. The van der Waals surface area contributed by atoms with Crippen LogP contribution in [0.1, 0.15) is 89.9 Å². The summed E-state index contributed by atoms with van der Waals surface area (Å²) in [7, 11) is 0. The highest BCUT2D eigenvalue weighted by atomic mass is 16.6. The Balaban J connectivity index is 1.60. The van der Waals surface area contributed by atoms with Gasteiger partial charge in [0.1, 0.15) is 18.2 Å².